The lowest BCUT2D eigenvalue weighted by molar-refractivity contribution is 0.911. The predicted octanol–water partition coefficient (Wildman–Crippen LogP) is 1.74. The van der Waals surface area contributed by atoms with Crippen LogP contribution in [0.5, 0.6) is 0 Å². The molecular weight excluding hydrogens is 154 g/mol. The van der Waals surface area contributed by atoms with E-state index in [1.807, 2.05) is 11.3 Å². The van der Waals surface area contributed by atoms with Crippen LogP contribution in [0, 0.1) is 0 Å². The van der Waals surface area contributed by atoms with E-state index in [2.05, 4.69) is 6.07 Å². The van der Waals surface area contributed by atoms with E-state index in [1.54, 1.807) is 10.4 Å². The van der Waals surface area contributed by atoms with Crippen molar-refractivity contribution in [1.29, 1.82) is 0 Å². The zero-order chi connectivity index (χ0) is 7.68. The molecule has 0 bridgehead atoms. The maximum Gasteiger partial charge on any atom is 0.00802 e. The zero-order valence-electron chi connectivity index (χ0n) is 6.60. The summed E-state index contributed by atoms with van der Waals surface area (Å²) in [5.41, 5.74) is 7.08. The van der Waals surface area contributed by atoms with Gasteiger partial charge in [-0.25, -0.2) is 0 Å². The van der Waals surface area contributed by atoms with E-state index in [4.69, 9.17) is 5.73 Å². The average molecular weight is 167 g/mol. The highest BCUT2D eigenvalue weighted by Gasteiger charge is 2.13. The third kappa shape index (κ3) is 1.33. The Morgan fingerprint density at radius 3 is 3.09 bits per heavy atom. The lowest BCUT2D eigenvalue weighted by Gasteiger charge is -1.90. The molecule has 1 heterocycles. The summed E-state index contributed by atoms with van der Waals surface area (Å²) in [6.45, 7) is 0.791. The first-order chi connectivity index (χ1) is 5.40. The van der Waals surface area contributed by atoms with Crippen LogP contribution in [0.25, 0.3) is 0 Å². The molecule has 0 amide bonds. The van der Waals surface area contributed by atoms with Gasteiger partial charge in [0.15, 0.2) is 0 Å². The molecule has 2 rings (SSSR count). The number of hydrogen-bond acceptors (Lipinski definition) is 2. The van der Waals surface area contributed by atoms with Crippen molar-refractivity contribution in [2.75, 3.05) is 6.54 Å². The summed E-state index contributed by atoms with van der Waals surface area (Å²) in [6, 6.07) is 2.35. The minimum Gasteiger partial charge on any atom is -0.330 e. The Bertz CT molecular complexity index is 231. The Balaban J connectivity index is 2.20. The van der Waals surface area contributed by atoms with Gasteiger partial charge in [0.2, 0.25) is 0 Å². The van der Waals surface area contributed by atoms with Crippen LogP contribution in [-0.2, 0) is 19.3 Å². The van der Waals surface area contributed by atoms with Gasteiger partial charge in [-0.1, -0.05) is 0 Å². The smallest absolute Gasteiger partial charge is 0.00802 e. The van der Waals surface area contributed by atoms with Crippen molar-refractivity contribution in [2.24, 2.45) is 5.73 Å². The van der Waals surface area contributed by atoms with Gasteiger partial charge < -0.3 is 5.73 Å². The first-order valence-electron chi connectivity index (χ1n) is 4.20. The third-order valence-electron chi connectivity index (χ3n) is 2.19. The number of hydrogen-bond donors (Lipinski definition) is 1. The molecule has 1 aliphatic rings. The molecule has 1 aliphatic carbocycles. The van der Waals surface area contributed by atoms with Crippen molar-refractivity contribution in [1.82, 2.24) is 0 Å². The highest BCUT2D eigenvalue weighted by molar-refractivity contribution is 7.12. The fraction of sp³-hybridized carbons (Fsp3) is 0.556. The summed E-state index contributed by atoms with van der Waals surface area (Å²) in [4.78, 5) is 3.10. The van der Waals surface area contributed by atoms with E-state index in [0.29, 0.717) is 0 Å². The molecule has 0 spiro atoms. The first kappa shape index (κ1) is 7.32. The zero-order valence-corrected chi connectivity index (χ0v) is 7.41. The van der Waals surface area contributed by atoms with Gasteiger partial charge in [0.05, 0.1) is 0 Å². The van der Waals surface area contributed by atoms with Crippen LogP contribution in [0.2, 0.25) is 0 Å². The Labute approximate surface area is 71.2 Å². The molecule has 0 aromatic carbocycles. The maximum absolute atomic E-state index is 5.49. The molecule has 1 aromatic heterocycles. The second kappa shape index (κ2) is 2.95. The highest BCUT2D eigenvalue weighted by Crippen LogP contribution is 2.30. The van der Waals surface area contributed by atoms with Crippen LogP contribution in [0.3, 0.4) is 0 Å². The molecule has 0 saturated carbocycles. The number of nitrogens with two attached hydrogens (primary N) is 1. The SMILES string of the molecule is NCCc1cc2c(s1)CCC2. The molecule has 0 saturated heterocycles. The molecule has 0 aliphatic heterocycles. The Morgan fingerprint density at radius 1 is 1.45 bits per heavy atom. The summed E-state index contributed by atoms with van der Waals surface area (Å²) < 4.78 is 0. The number of thiophene rings is 1. The minimum atomic E-state index is 0.791. The van der Waals surface area contributed by atoms with Crippen LogP contribution in [0.4, 0.5) is 0 Å². The molecule has 0 fully saturated rings. The summed E-state index contributed by atoms with van der Waals surface area (Å²) in [5.74, 6) is 0. The van der Waals surface area contributed by atoms with Crippen molar-refractivity contribution < 1.29 is 0 Å². The van der Waals surface area contributed by atoms with Crippen LogP contribution < -0.4 is 5.73 Å². The number of aryl methyl sites for hydroxylation is 2. The maximum atomic E-state index is 5.49. The van der Waals surface area contributed by atoms with Gasteiger partial charge in [0.1, 0.15) is 0 Å². The van der Waals surface area contributed by atoms with E-state index < -0.39 is 0 Å². The first-order valence-corrected chi connectivity index (χ1v) is 5.02. The van der Waals surface area contributed by atoms with Crippen LogP contribution in [-0.4, -0.2) is 6.54 Å². The van der Waals surface area contributed by atoms with Crippen molar-refractivity contribution >= 4 is 11.3 Å². The molecule has 1 nitrogen and oxygen atoms in total. The summed E-state index contributed by atoms with van der Waals surface area (Å²) in [7, 11) is 0. The number of fused-ring (bicyclic) bond motifs is 1. The van der Waals surface area contributed by atoms with Crippen LogP contribution in [0.15, 0.2) is 6.07 Å². The van der Waals surface area contributed by atoms with Gasteiger partial charge in [-0.15, -0.1) is 11.3 Å². The molecule has 0 atom stereocenters. The molecule has 2 N–H and O–H groups in total. The van der Waals surface area contributed by atoms with Crippen molar-refractivity contribution in [2.45, 2.75) is 25.7 Å². The van der Waals surface area contributed by atoms with E-state index >= 15 is 0 Å². The molecule has 0 unspecified atom stereocenters. The van der Waals surface area contributed by atoms with Gasteiger partial charge in [0.25, 0.3) is 0 Å². The Hall–Kier alpha value is -0.340. The van der Waals surface area contributed by atoms with Gasteiger partial charge in [-0.05, 0) is 43.9 Å². The van der Waals surface area contributed by atoms with Gasteiger partial charge in [0, 0.05) is 9.75 Å². The molecule has 2 heteroatoms. The van der Waals surface area contributed by atoms with Gasteiger partial charge in [-0.2, -0.15) is 0 Å². The van der Waals surface area contributed by atoms with E-state index in [-0.39, 0.29) is 0 Å². The molecule has 60 valence electrons. The van der Waals surface area contributed by atoms with E-state index in [1.165, 1.54) is 24.1 Å². The normalized spacial score (nSPS) is 15.4. The lowest BCUT2D eigenvalue weighted by atomic mass is 10.2. The van der Waals surface area contributed by atoms with Crippen molar-refractivity contribution in [3.05, 3.63) is 21.4 Å². The number of rotatable bonds is 2. The molecule has 11 heavy (non-hydrogen) atoms. The van der Waals surface area contributed by atoms with E-state index in [0.717, 1.165) is 13.0 Å². The molecular formula is C9H13NS. The predicted molar refractivity (Wildman–Crippen MR) is 49.1 cm³/mol. The monoisotopic (exact) mass is 167 g/mol. The van der Waals surface area contributed by atoms with Crippen LogP contribution in [0.1, 0.15) is 21.7 Å². The van der Waals surface area contributed by atoms with Crippen LogP contribution >= 0.6 is 11.3 Å². The molecule has 0 radical (unpaired) electrons. The second-order valence-electron chi connectivity index (χ2n) is 3.05. The third-order valence-corrected chi connectivity index (χ3v) is 3.49. The Morgan fingerprint density at radius 2 is 2.36 bits per heavy atom. The Kier molecular flexibility index (Phi) is 1.96. The van der Waals surface area contributed by atoms with Gasteiger partial charge in [-0.3, -0.25) is 0 Å². The quantitative estimate of drug-likeness (QED) is 0.713. The van der Waals surface area contributed by atoms with E-state index in [9.17, 15) is 0 Å². The topological polar surface area (TPSA) is 26.0 Å². The lowest BCUT2D eigenvalue weighted by Crippen LogP contribution is -2.00. The minimum absolute atomic E-state index is 0.791. The largest absolute Gasteiger partial charge is 0.330 e. The van der Waals surface area contributed by atoms with Crippen molar-refractivity contribution in [3.63, 3.8) is 0 Å². The average Bonchev–Trinajstić information content (AvgIpc) is 2.46. The second-order valence-corrected chi connectivity index (χ2v) is 4.27. The van der Waals surface area contributed by atoms with Gasteiger partial charge >= 0.3 is 0 Å². The summed E-state index contributed by atoms with van der Waals surface area (Å²) >= 11 is 1.97. The summed E-state index contributed by atoms with van der Waals surface area (Å²) in [5, 5.41) is 0. The standard InChI is InChI=1S/C9H13NS/c10-5-4-8-6-7-2-1-3-9(7)11-8/h6H,1-5,10H2. The molecule has 1 aromatic rings. The fourth-order valence-electron chi connectivity index (χ4n) is 1.66. The fourth-order valence-corrected chi connectivity index (χ4v) is 2.93. The summed E-state index contributed by atoms with van der Waals surface area (Å²) in [6.07, 6.45) is 5.04. The highest BCUT2D eigenvalue weighted by atomic mass is 32.1. The van der Waals surface area contributed by atoms with Crippen molar-refractivity contribution in [3.8, 4) is 0 Å².